The Kier molecular flexibility index (Phi) is 4.77. The normalized spacial score (nSPS) is 15.3. The van der Waals surface area contributed by atoms with Gasteiger partial charge in [0.25, 0.3) is 5.91 Å². The standard InChI is InChI=1S/C20H23N5O2/c1-24(13-17-10-14-4-2-3-5-18(14)27-17)20-22-11-15(12-23-20)19(26)25-8-6-16(21)7-9-25/h2-5,10-12,16H,6-9,13,21H2,1H3. The molecule has 3 aromatic rings. The number of aromatic nitrogens is 2. The number of nitrogens with two attached hydrogens (primary N) is 1. The molecule has 27 heavy (non-hydrogen) atoms. The van der Waals surface area contributed by atoms with E-state index >= 15 is 0 Å². The van der Waals surface area contributed by atoms with Crippen LogP contribution >= 0.6 is 0 Å². The number of furan rings is 1. The van der Waals surface area contributed by atoms with Gasteiger partial charge in [-0.2, -0.15) is 0 Å². The zero-order valence-electron chi connectivity index (χ0n) is 15.3. The summed E-state index contributed by atoms with van der Waals surface area (Å²) in [5, 5.41) is 1.07. The molecule has 2 aromatic heterocycles. The number of likely N-dealkylation sites (tertiary alicyclic amines) is 1. The van der Waals surface area contributed by atoms with Crippen molar-refractivity contribution >= 4 is 22.8 Å². The van der Waals surface area contributed by atoms with Crippen molar-refractivity contribution in [3.8, 4) is 0 Å². The van der Waals surface area contributed by atoms with E-state index in [9.17, 15) is 4.79 Å². The Labute approximate surface area is 157 Å². The SMILES string of the molecule is CN(Cc1cc2ccccc2o1)c1ncc(C(=O)N2CCC(N)CC2)cn1. The van der Waals surface area contributed by atoms with E-state index in [-0.39, 0.29) is 11.9 Å². The summed E-state index contributed by atoms with van der Waals surface area (Å²) in [5.41, 5.74) is 7.27. The summed E-state index contributed by atoms with van der Waals surface area (Å²) in [5.74, 6) is 1.35. The van der Waals surface area contributed by atoms with Gasteiger partial charge >= 0.3 is 0 Å². The third-order valence-electron chi connectivity index (χ3n) is 4.92. The van der Waals surface area contributed by atoms with Crippen molar-refractivity contribution in [3.05, 3.63) is 54.0 Å². The fraction of sp³-hybridized carbons (Fsp3) is 0.350. The molecule has 0 aliphatic carbocycles. The molecule has 0 spiro atoms. The van der Waals surface area contributed by atoms with E-state index in [2.05, 4.69) is 9.97 Å². The zero-order valence-corrected chi connectivity index (χ0v) is 15.3. The smallest absolute Gasteiger partial charge is 0.256 e. The number of carbonyl (C=O) groups excluding carboxylic acids is 1. The summed E-state index contributed by atoms with van der Waals surface area (Å²) >= 11 is 0. The minimum atomic E-state index is -0.0339. The molecule has 2 N–H and O–H groups in total. The van der Waals surface area contributed by atoms with Crippen molar-refractivity contribution in [2.75, 3.05) is 25.0 Å². The largest absolute Gasteiger partial charge is 0.459 e. The molecule has 1 aromatic carbocycles. The molecule has 4 rings (SSSR count). The van der Waals surface area contributed by atoms with Crippen LogP contribution in [0.15, 0.2) is 47.1 Å². The average molecular weight is 365 g/mol. The molecular formula is C20H23N5O2. The summed E-state index contributed by atoms with van der Waals surface area (Å²) in [4.78, 5) is 25.0. The van der Waals surface area contributed by atoms with Crippen LogP contribution in [0.2, 0.25) is 0 Å². The summed E-state index contributed by atoms with van der Waals surface area (Å²) in [7, 11) is 1.90. The first-order valence-corrected chi connectivity index (χ1v) is 9.15. The number of benzene rings is 1. The third kappa shape index (κ3) is 3.78. The highest BCUT2D eigenvalue weighted by molar-refractivity contribution is 5.93. The second-order valence-corrected chi connectivity index (χ2v) is 7.01. The number of hydrogen-bond acceptors (Lipinski definition) is 6. The van der Waals surface area contributed by atoms with E-state index in [1.165, 1.54) is 0 Å². The van der Waals surface area contributed by atoms with Gasteiger partial charge in [-0.3, -0.25) is 4.79 Å². The van der Waals surface area contributed by atoms with Gasteiger partial charge in [0.15, 0.2) is 0 Å². The molecule has 0 unspecified atom stereocenters. The van der Waals surface area contributed by atoms with Crippen LogP contribution in [0.5, 0.6) is 0 Å². The number of rotatable bonds is 4. The van der Waals surface area contributed by atoms with Crippen LogP contribution in [0.3, 0.4) is 0 Å². The van der Waals surface area contributed by atoms with Gasteiger partial charge in [-0.1, -0.05) is 18.2 Å². The molecule has 1 saturated heterocycles. The van der Waals surface area contributed by atoms with Gasteiger partial charge in [0.1, 0.15) is 11.3 Å². The number of piperidine rings is 1. The van der Waals surface area contributed by atoms with Crippen molar-refractivity contribution < 1.29 is 9.21 Å². The van der Waals surface area contributed by atoms with E-state index in [1.807, 2.05) is 47.2 Å². The Hall–Kier alpha value is -2.93. The number of amides is 1. The highest BCUT2D eigenvalue weighted by Crippen LogP contribution is 2.21. The van der Waals surface area contributed by atoms with Gasteiger partial charge in [-0.15, -0.1) is 0 Å². The molecule has 0 atom stereocenters. The van der Waals surface area contributed by atoms with Gasteiger partial charge in [0.05, 0.1) is 12.1 Å². The first-order valence-electron chi connectivity index (χ1n) is 9.15. The maximum atomic E-state index is 12.6. The Balaban J connectivity index is 1.42. The van der Waals surface area contributed by atoms with E-state index in [4.69, 9.17) is 10.2 Å². The maximum Gasteiger partial charge on any atom is 0.256 e. The molecule has 0 bridgehead atoms. The monoisotopic (exact) mass is 365 g/mol. The van der Waals surface area contributed by atoms with E-state index < -0.39 is 0 Å². The molecule has 7 nitrogen and oxygen atoms in total. The summed E-state index contributed by atoms with van der Waals surface area (Å²) in [6.07, 6.45) is 4.86. The molecule has 1 aliphatic rings. The Bertz CT molecular complexity index is 896. The molecule has 1 aliphatic heterocycles. The van der Waals surface area contributed by atoms with E-state index in [0.29, 0.717) is 31.1 Å². The minimum absolute atomic E-state index is 0.0339. The lowest BCUT2D eigenvalue weighted by molar-refractivity contribution is 0.0714. The minimum Gasteiger partial charge on any atom is -0.459 e. The first kappa shape index (κ1) is 17.5. The fourth-order valence-electron chi connectivity index (χ4n) is 3.33. The number of para-hydroxylation sites is 1. The summed E-state index contributed by atoms with van der Waals surface area (Å²) in [6, 6.07) is 10.1. The van der Waals surface area contributed by atoms with Gasteiger partial charge in [-0.25, -0.2) is 9.97 Å². The molecule has 140 valence electrons. The third-order valence-corrected chi connectivity index (χ3v) is 4.92. The molecule has 0 radical (unpaired) electrons. The van der Waals surface area contributed by atoms with E-state index in [0.717, 1.165) is 29.6 Å². The summed E-state index contributed by atoms with van der Waals surface area (Å²) < 4.78 is 5.84. The quantitative estimate of drug-likeness (QED) is 0.764. The highest BCUT2D eigenvalue weighted by Gasteiger charge is 2.22. The lowest BCUT2D eigenvalue weighted by atomic mass is 10.1. The maximum absolute atomic E-state index is 12.6. The summed E-state index contributed by atoms with van der Waals surface area (Å²) in [6.45, 7) is 1.92. The number of fused-ring (bicyclic) bond motifs is 1. The first-order chi connectivity index (χ1) is 13.1. The molecule has 1 amide bonds. The average Bonchev–Trinajstić information content (AvgIpc) is 3.10. The number of carbonyl (C=O) groups is 1. The van der Waals surface area contributed by atoms with Gasteiger partial charge < -0.3 is 20.0 Å². The number of hydrogen-bond donors (Lipinski definition) is 1. The van der Waals surface area contributed by atoms with Crippen LogP contribution < -0.4 is 10.6 Å². The Morgan fingerprint density at radius 3 is 2.67 bits per heavy atom. The molecule has 1 fully saturated rings. The lowest BCUT2D eigenvalue weighted by Crippen LogP contribution is -2.42. The molecule has 3 heterocycles. The van der Waals surface area contributed by atoms with Crippen LogP contribution in [-0.2, 0) is 6.54 Å². The predicted molar refractivity (Wildman–Crippen MR) is 103 cm³/mol. The van der Waals surface area contributed by atoms with Crippen LogP contribution in [0.4, 0.5) is 5.95 Å². The molecular weight excluding hydrogens is 342 g/mol. The van der Waals surface area contributed by atoms with Crippen molar-refractivity contribution in [3.63, 3.8) is 0 Å². The van der Waals surface area contributed by atoms with Crippen molar-refractivity contribution in [1.82, 2.24) is 14.9 Å². The van der Waals surface area contributed by atoms with Crippen LogP contribution in [0.1, 0.15) is 29.0 Å². The second kappa shape index (κ2) is 7.36. The number of nitrogens with zero attached hydrogens (tertiary/aromatic N) is 4. The van der Waals surface area contributed by atoms with Crippen molar-refractivity contribution in [1.29, 1.82) is 0 Å². The topological polar surface area (TPSA) is 88.5 Å². The van der Waals surface area contributed by atoms with Crippen molar-refractivity contribution in [2.24, 2.45) is 5.73 Å². The predicted octanol–water partition coefficient (Wildman–Crippen LogP) is 2.42. The van der Waals surface area contributed by atoms with Gasteiger partial charge in [-0.05, 0) is 25.0 Å². The van der Waals surface area contributed by atoms with Crippen molar-refractivity contribution in [2.45, 2.75) is 25.4 Å². The lowest BCUT2D eigenvalue weighted by Gasteiger charge is -2.30. The Morgan fingerprint density at radius 2 is 1.96 bits per heavy atom. The molecule has 0 saturated carbocycles. The fourth-order valence-corrected chi connectivity index (χ4v) is 3.33. The highest BCUT2D eigenvalue weighted by atomic mass is 16.3. The zero-order chi connectivity index (χ0) is 18.8. The van der Waals surface area contributed by atoms with Gasteiger partial charge in [0, 0.05) is 44.0 Å². The number of anilines is 1. The van der Waals surface area contributed by atoms with Crippen LogP contribution in [0, 0.1) is 0 Å². The van der Waals surface area contributed by atoms with E-state index in [1.54, 1.807) is 12.4 Å². The van der Waals surface area contributed by atoms with Crippen LogP contribution in [0.25, 0.3) is 11.0 Å². The van der Waals surface area contributed by atoms with Crippen LogP contribution in [-0.4, -0.2) is 47.0 Å². The van der Waals surface area contributed by atoms with Gasteiger partial charge in [0.2, 0.25) is 5.95 Å². The Morgan fingerprint density at radius 1 is 1.26 bits per heavy atom. The second-order valence-electron chi connectivity index (χ2n) is 7.01. The molecule has 7 heteroatoms.